The second kappa shape index (κ2) is 14.1. The highest BCUT2D eigenvalue weighted by Crippen LogP contribution is 2.11. The predicted octanol–water partition coefficient (Wildman–Crippen LogP) is 3.66. The first-order valence-electron chi connectivity index (χ1n) is 9.12. The van der Waals surface area contributed by atoms with Crippen LogP contribution in [0.5, 0.6) is 5.75 Å². The maximum atomic E-state index is 5.18. The summed E-state index contributed by atoms with van der Waals surface area (Å²) in [5, 5.41) is 9.98. The molecule has 3 N–H and O–H groups in total. The van der Waals surface area contributed by atoms with Gasteiger partial charge in [-0.1, -0.05) is 18.2 Å². The number of methoxy groups -OCH3 is 1. The van der Waals surface area contributed by atoms with E-state index in [2.05, 4.69) is 32.9 Å². The average Bonchev–Trinajstić information content (AvgIpc) is 2.69. The molecule has 0 unspecified atom stereocenters. The van der Waals surface area contributed by atoms with E-state index in [4.69, 9.17) is 4.74 Å². The van der Waals surface area contributed by atoms with Gasteiger partial charge >= 0.3 is 0 Å². The van der Waals surface area contributed by atoms with Crippen molar-refractivity contribution in [1.29, 1.82) is 0 Å². The minimum Gasteiger partial charge on any atom is -0.497 e. The second-order valence-electron chi connectivity index (χ2n) is 5.82. The Balaban J connectivity index is 0.00000364. The van der Waals surface area contributed by atoms with Crippen LogP contribution >= 0.6 is 24.0 Å². The van der Waals surface area contributed by atoms with E-state index in [-0.39, 0.29) is 24.0 Å². The van der Waals surface area contributed by atoms with Gasteiger partial charge in [-0.15, -0.1) is 24.0 Å². The first kappa shape index (κ1) is 23.0. The molecule has 0 atom stereocenters. The highest BCUT2D eigenvalue weighted by atomic mass is 127. The van der Waals surface area contributed by atoms with E-state index < -0.39 is 0 Å². The van der Waals surface area contributed by atoms with Crippen molar-refractivity contribution >= 4 is 35.8 Å². The van der Waals surface area contributed by atoms with Gasteiger partial charge in [-0.25, -0.2) is 9.98 Å². The third-order valence-corrected chi connectivity index (χ3v) is 3.79. The van der Waals surface area contributed by atoms with Gasteiger partial charge in [0.25, 0.3) is 0 Å². The number of pyridine rings is 1. The van der Waals surface area contributed by atoms with Gasteiger partial charge in [-0.05, 0) is 49.6 Å². The van der Waals surface area contributed by atoms with Crippen LogP contribution in [0.1, 0.15) is 25.3 Å². The Hall–Kier alpha value is -2.03. The fraction of sp³-hybridized carbons (Fsp3) is 0.400. The SMILES string of the molecule is CCNC(=NCc1ccc(OC)cc1)NCCCCNc1ccccn1.I. The Labute approximate surface area is 179 Å². The molecule has 0 radical (unpaired) electrons. The molecule has 6 nitrogen and oxygen atoms in total. The van der Waals surface area contributed by atoms with Crippen molar-refractivity contribution in [3.63, 3.8) is 0 Å². The average molecular weight is 483 g/mol. The Morgan fingerprint density at radius 2 is 1.81 bits per heavy atom. The van der Waals surface area contributed by atoms with Gasteiger partial charge in [0, 0.05) is 25.8 Å². The largest absolute Gasteiger partial charge is 0.497 e. The lowest BCUT2D eigenvalue weighted by molar-refractivity contribution is 0.414. The lowest BCUT2D eigenvalue weighted by Gasteiger charge is -2.11. The molecule has 1 aromatic heterocycles. The number of ether oxygens (including phenoxy) is 1. The molecule has 148 valence electrons. The maximum absolute atomic E-state index is 5.18. The zero-order chi connectivity index (χ0) is 18.5. The van der Waals surface area contributed by atoms with Crippen LogP contribution in [0.25, 0.3) is 0 Å². The van der Waals surface area contributed by atoms with E-state index in [1.807, 2.05) is 42.5 Å². The fourth-order valence-corrected chi connectivity index (χ4v) is 2.38. The molecule has 0 amide bonds. The van der Waals surface area contributed by atoms with Crippen LogP contribution < -0.4 is 20.7 Å². The zero-order valence-electron chi connectivity index (χ0n) is 16.1. The quantitative estimate of drug-likeness (QED) is 0.208. The number of hydrogen-bond donors (Lipinski definition) is 3. The van der Waals surface area contributed by atoms with Crippen LogP contribution in [0.2, 0.25) is 0 Å². The third-order valence-electron chi connectivity index (χ3n) is 3.79. The predicted molar refractivity (Wildman–Crippen MR) is 123 cm³/mol. The number of unbranched alkanes of at least 4 members (excludes halogenated alkanes) is 1. The molecule has 2 aromatic rings. The summed E-state index contributed by atoms with van der Waals surface area (Å²) in [6.45, 7) is 5.36. The number of aromatic nitrogens is 1. The van der Waals surface area contributed by atoms with Crippen molar-refractivity contribution in [2.45, 2.75) is 26.3 Å². The van der Waals surface area contributed by atoms with Crippen molar-refractivity contribution < 1.29 is 4.74 Å². The summed E-state index contributed by atoms with van der Waals surface area (Å²) >= 11 is 0. The molecule has 27 heavy (non-hydrogen) atoms. The Morgan fingerprint density at radius 3 is 2.48 bits per heavy atom. The van der Waals surface area contributed by atoms with Crippen LogP contribution in [0.4, 0.5) is 5.82 Å². The molecule has 0 aliphatic heterocycles. The van der Waals surface area contributed by atoms with Gasteiger partial charge in [0.1, 0.15) is 11.6 Å². The molecule has 0 spiro atoms. The molecule has 0 saturated carbocycles. The van der Waals surface area contributed by atoms with Gasteiger partial charge in [0.2, 0.25) is 0 Å². The molecule has 2 rings (SSSR count). The van der Waals surface area contributed by atoms with Gasteiger partial charge < -0.3 is 20.7 Å². The lowest BCUT2D eigenvalue weighted by atomic mass is 10.2. The number of halogens is 1. The van der Waals surface area contributed by atoms with E-state index in [0.29, 0.717) is 6.54 Å². The van der Waals surface area contributed by atoms with E-state index in [1.54, 1.807) is 13.3 Å². The molecule has 0 aliphatic rings. The summed E-state index contributed by atoms with van der Waals surface area (Å²) in [6, 6.07) is 13.9. The van der Waals surface area contributed by atoms with Crippen molar-refractivity contribution in [1.82, 2.24) is 15.6 Å². The molecule has 1 aromatic carbocycles. The number of hydrogen-bond acceptors (Lipinski definition) is 4. The molecule has 7 heteroatoms. The second-order valence-corrected chi connectivity index (χ2v) is 5.82. The van der Waals surface area contributed by atoms with Crippen LogP contribution in [-0.4, -0.2) is 37.7 Å². The summed E-state index contributed by atoms with van der Waals surface area (Å²) in [4.78, 5) is 8.88. The van der Waals surface area contributed by atoms with Crippen molar-refractivity contribution in [2.75, 3.05) is 32.1 Å². The minimum absolute atomic E-state index is 0. The highest BCUT2D eigenvalue weighted by Gasteiger charge is 1.98. The van der Waals surface area contributed by atoms with Crippen molar-refractivity contribution in [2.24, 2.45) is 4.99 Å². The summed E-state index contributed by atoms with van der Waals surface area (Å²) in [5.41, 5.74) is 1.16. The summed E-state index contributed by atoms with van der Waals surface area (Å²) in [7, 11) is 1.67. The number of guanidine groups is 1. The number of benzene rings is 1. The third kappa shape index (κ3) is 9.46. The van der Waals surface area contributed by atoms with Gasteiger partial charge in [-0.2, -0.15) is 0 Å². The first-order chi connectivity index (χ1) is 12.8. The monoisotopic (exact) mass is 483 g/mol. The van der Waals surface area contributed by atoms with Crippen LogP contribution in [0.3, 0.4) is 0 Å². The van der Waals surface area contributed by atoms with Gasteiger partial charge in [0.15, 0.2) is 5.96 Å². The van der Waals surface area contributed by atoms with Crippen LogP contribution in [-0.2, 0) is 6.54 Å². The highest BCUT2D eigenvalue weighted by molar-refractivity contribution is 14.0. The summed E-state index contributed by atoms with van der Waals surface area (Å²) in [5.74, 6) is 2.64. The Kier molecular flexibility index (Phi) is 12.0. The number of nitrogens with zero attached hydrogens (tertiary/aromatic N) is 2. The smallest absolute Gasteiger partial charge is 0.191 e. The molecule has 0 fully saturated rings. The number of nitrogens with one attached hydrogen (secondary N) is 3. The van der Waals surface area contributed by atoms with Crippen LogP contribution in [0.15, 0.2) is 53.7 Å². The lowest BCUT2D eigenvalue weighted by Crippen LogP contribution is -2.37. The Bertz CT molecular complexity index is 649. The zero-order valence-corrected chi connectivity index (χ0v) is 18.4. The Morgan fingerprint density at radius 1 is 1.04 bits per heavy atom. The van der Waals surface area contributed by atoms with Gasteiger partial charge in [-0.3, -0.25) is 0 Å². The number of rotatable bonds is 10. The van der Waals surface area contributed by atoms with E-state index in [9.17, 15) is 0 Å². The molecular weight excluding hydrogens is 453 g/mol. The minimum atomic E-state index is 0. The summed E-state index contributed by atoms with van der Waals surface area (Å²) < 4.78 is 5.18. The van der Waals surface area contributed by atoms with Gasteiger partial charge in [0.05, 0.1) is 13.7 Å². The standard InChI is InChI=1S/C20H29N5O.HI/c1-3-21-20(25-16-17-9-11-18(26-2)12-10-17)24-15-7-6-14-23-19-8-4-5-13-22-19;/h4-5,8-13H,3,6-7,14-16H2,1-2H3,(H,22,23)(H2,21,24,25);1H. The fourth-order valence-electron chi connectivity index (χ4n) is 2.38. The normalized spacial score (nSPS) is 10.7. The number of aliphatic imine (C=N–C) groups is 1. The number of anilines is 1. The molecule has 0 saturated heterocycles. The van der Waals surface area contributed by atoms with E-state index in [1.165, 1.54) is 0 Å². The molecular formula is C20H30IN5O. The van der Waals surface area contributed by atoms with E-state index >= 15 is 0 Å². The molecule has 0 aliphatic carbocycles. The maximum Gasteiger partial charge on any atom is 0.191 e. The van der Waals surface area contributed by atoms with E-state index in [0.717, 1.165) is 55.6 Å². The molecule has 0 bridgehead atoms. The topological polar surface area (TPSA) is 70.6 Å². The van der Waals surface area contributed by atoms with Crippen molar-refractivity contribution in [3.8, 4) is 5.75 Å². The van der Waals surface area contributed by atoms with Crippen molar-refractivity contribution in [3.05, 3.63) is 54.2 Å². The first-order valence-corrected chi connectivity index (χ1v) is 9.12. The summed E-state index contributed by atoms with van der Waals surface area (Å²) in [6.07, 6.45) is 3.93. The van der Waals surface area contributed by atoms with Crippen LogP contribution in [0, 0.1) is 0 Å². The molecule has 1 heterocycles.